The van der Waals surface area contributed by atoms with Crippen LogP contribution in [0.15, 0.2) is 30.6 Å². The number of aromatic nitrogens is 1. The van der Waals surface area contributed by atoms with Crippen LogP contribution in [-0.2, 0) is 0 Å². The van der Waals surface area contributed by atoms with Crippen LogP contribution < -0.4 is 0 Å². The minimum Gasteiger partial charge on any atom is -0.265 e. The molecule has 0 fully saturated rings. The average molecular weight is 201 g/mol. The molecule has 1 aromatic rings. The first-order chi connectivity index (χ1) is 3.00. The van der Waals surface area contributed by atoms with Gasteiger partial charge in [0.15, 0.2) is 0 Å². The van der Waals surface area contributed by atoms with Crippen LogP contribution in [0.3, 0.4) is 0 Å². The molecule has 0 saturated heterocycles. The summed E-state index contributed by atoms with van der Waals surface area (Å²) in [7, 11) is 0. The van der Waals surface area contributed by atoms with Crippen LogP contribution in [0.4, 0.5) is 0 Å². The summed E-state index contributed by atoms with van der Waals surface area (Å²) in [6.45, 7) is 0. The molecule has 0 saturated carbocycles. The number of rotatable bonds is 0. The molecule has 1 heterocycles. The van der Waals surface area contributed by atoms with E-state index in [0.29, 0.717) is 0 Å². The molecule has 0 atom stereocenters. The molecule has 0 bridgehead atoms. The summed E-state index contributed by atoms with van der Waals surface area (Å²) >= 11 is 0. The van der Waals surface area contributed by atoms with Crippen molar-refractivity contribution in [3.63, 3.8) is 0 Å². The summed E-state index contributed by atoms with van der Waals surface area (Å²) in [5.41, 5.74) is 0. The van der Waals surface area contributed by atoms with Crippen molar-refractivity contribution in [1.82, 2.24) is 4.98 Å². The molecule has 0 spiro atoms. The van der Waals surface area contributed by atoms with Crippen LogP contribution in [0.5, 0.6) is 0 Å². The fourth-order valence-electron chi connectivity index (χ4n) is 0.313. The molecule has 0 unspecified atom stereocenters. The van der Waals surface area contributed by atoms with Gasteiger partial charge in [-0.05, 0) is 12.1 Å². The largest absolute Gasteiger partial charge is 0.265 e. The second-order valence-electron chi connectivity index (χ2n) is 1.02. The van der Waals surface area contributed by atoms with Crippen molar-refractivity contribution in [3.05, 3.63) is 30.6 Å². The van der Waals surface area contributed by atoms with E-state index in [0.717, 1.165) is 0 Å². The first kappa shape index (κ1) is 6.97. The van der Waals surface area contributed by atoms with Crippen LogP contribution in [0.1, 0.15) is 0 Å². The summed E-state index contributed by atoms with van der Waals surface area (Å²) < 4.78 is 0. The van der Waals surface area contributed by atoms with Gasteiger partial charge in [-0.2, -0.15) is 0 Å². The summed E-state index contributed by atoms with van der Waals surface area (Å²) in [5.74, 6) is 0. The molecule has 3 radical (unpaired) electrons. The molecule has 7 heavy (non-hydrogen) atoms. The minimum absolute atomic E-state index is 0. The molecule has 0 aromatic carbocycles. The van der Waals surface area contributed by atoms with E-state index >= 15 is 0 Å². The fraction of sp³-hybridized carbons (Fsp3) is 0. The van der Waals surface area contributed by atoms with Crippen LogP contribution in [0.25, 0.3) is 0 Å². The van der Waals surface area contributed by atoms with Gasteiger partial charge in [-0.1, -0.05) is 6.07 Å². The molecular formula is C5H5NSb. The molecule has 1 rings (SSSR count). The van der Waals surface area contributed by atoms with Crippen molar-refractivity contribution < 1.29 is 0 Å². The zero-order valence-electron chi connectivity index (χ0n) is 3.78. The van der Waals surface area contributed by atoms with Gasteiger partial charge in [0.2, 0.25) is 0 Å². The van der Waals surface area contributed by atoms with E-state index in [4.69, 9.17) is 0 Å². The maximum absolute atomic E-state index is 3.78. The van der Waals surface area contributed by atoms with Gasteiger partial charge in [0.05, 0.1) is 0 Å². The summed E-state index contributed by atoms with van der Waals surface area (Å²) in [6, 6.07) is 5.72. The predicted molar refractivity (Wildman–Crippen MR) is 30.0 cm³/mol. The second-order valence-corrected chi connectivity index (χ2v) is 1.02. The number of hydrogen-bond acceptors (Lipinski definition) is 1. The molecule has 0 aliphatic rings. The van der Waals surface area contributed by atoms with E-state index in [1.54, 1.807) is 12.4 Å². The van der Waals surface area contributed by atoms with Crippen molar-refractivity contribution in [2.45, 2.75) is 0 Å². The van der Waals surface area contributed by atoms with Gasteiger partial charge in [-0.25, -0.2) is 0 Å². The Morgan fingerprint density at radius 2 is 1.43 bits per heavy atom. The molecule has 0 aliphatic heterocycles. The van der Waals surface area contributed by atoms with Gasteiger partial charge in [0.25, 0.3) is 0 Å². The molecule has 1 aromatic heterocycles. The molecule has 0 N–H and O–H groups in total. The average Bonchev–Trinajstić information content (AvgIpc) is 1.72. The summed E-state index contributed by atoms with van der Waals surface area (Å²) in [4.78, 5) is 3.78. The van der Waals surface area contributed by atoms with E-state index < -0.39 is 0 Å². The van der Waals surface area contributed by atoms with E-state index in [1.165, 1.54) is 0 Å². The van der Waals surface area contributed by atoms with Gasteiger partial charge in [0, 0.05) is 36.8 Å². The van der Waals surface area contributed by atoms with E-state index in [1.807, 2.05) is 18.2 Å². The predicted octanol–water partition coefficient (Wildman–Crippen LogP) is 0.701. The topological polar surface area (TPSA) is 12.9 Å². The second kappa shape index (κ2) is 4.14. The first-order valence-electron chi connectivity index (χ1n) is 1.85. The van der Waals surface area contributed by atoms with Crippen LogP contribution in [0.2, 0.25) is 0 Å². The molecule has 2 heteroatoms. The molecular weight excluding hydrogens is 196 g/mol. The maximum atomic E-state index is 3.78. The van der Waals surface area contributed by atoms with Crippen LogP contribution in [-0.4, -0.2) is 29.4 Å². The monoisotopic (exact) mass is 200 g/mol. The summed E-state index contributed by atoms with van der Waals surface area (Å²) in [5, 5.41) is 0. The third-order valence-electron chi connectivity index (χ3n) is 0.566. The van der Waals surface area contributed by atoms with Crippen LogP contribution >= 0.6 is 0 Å². The van der Waals surface area contributed by atoms with Crippen LogP contribution in [0, 0.1) is 0 Å². The zero-order chi connectivity index (χ0) is 4.24. The van der Waals surface area contributed by atoms with Crippen molar-refractivity contribution >= 4 is 24.4 Å². The maximum Gasteiger partial charge on any atom is 0.0267 e. The first-order valence-corrected chi connectivity index (χ1v) is 1.85. The van der Waals surface area contributed by atoms with Gasteiger partial charge in [-0.15, -0.1) is 0 Å². The van der Waals surface area contributed by atoms with Gasteiger partial charge in [0.1, 0.15) is 0 Å². The summed E-state index contributed by atoms with van der Waals surface area (Å²) in [6.07, 6.45) is 3.50. The Hall–Kier alpha value is -0.0318. The smallest absolute Gasteiger partial charge is 0.0267 e. The Bertz CT molecular complexity index is 80.0. The van der Waals surface area contributed by atoms with Gasteiger partial charge < -0.3 is 0 Å². The Kier molecular flexibility index (Phi) is 4.12. The van der Waals surface area contributed by atoms with Crippen molar-refractivity contribution in [2.24, 2.45) is 0 Å². The molecule has 0 aliphatic carbocycles. The Morgan fingerprint density at radius 1 is 0.857 bits per heavy atom. The SMILES string of the molecule is [Sb].c1ccncc1. The van der Waals surface area contributed by atoms with E-state index in [9.17, 15) is 0 Å². The molecule has 0 amide bonds. The van der Waals surface area contributed by atoms with Crippen molar-refractivity contribution in [1.29, 1.82) is 0 Å². The van der Waals surface area contributed by atoms with Crippen molar-refractivity contribution in [2.75, 3.05) is 0 Å². The standard InChI is InChI=1S/C5H5N.Sb/c1-2-4-6-5-3-1;/h1-5H;. The number of pyridine rings is 1. The van der Waals surface area contributed by atoms with Gasteiger partial charge >= 0.3 is 0 Å². The molecule has 35 valence electrons. The number of nitrogens with zero attached hydrogens (tertiary/aromatic N) is 1. The Labute approximate surface area is 60.2 Å². The fourth-order valence-corrected chi connectivity index (χ4v) is 0.313. The van der Waals surface area contributed by atoms with Crippen molar-refractivity contribution in [3.8, 4) is 0 Å². The normalized spacial score (nSPS) is 6.86. The van der Waals surface area contributed by atoms with Gasteiger partial charge in [-0.3, -0.25) is 4.98 Å². The van der Waals surface area contributed by atoms with E-state index in [-0.39, 0.29) is 24.4 Å². The quantitative estimate of drug-likeness (QED) is 0.563. The minimum atomic E-state index is 0. The van der Waals surface area contributed by atoms with E-state index in [2.05, 4.69) is 4.98 Å². The molecule has 1 nitrogen and oxygen atoms in total. The third-order valence-corrected chi connectivity index (χ3v) is 0.566. The Balaban J connectivity index is 0.000000360. The third kappa shape index (κ3) is 2.64. The zero-order valence-corrected chi connectivity index (χ0v) is 6.33. The number of hydrogen-bond donors (Lipinski definition) is 0. The Morgan fingerprint density at radius 3 is 1.57 bits per heavy atom.